The van der Waals surface area contributed by atoms with Gasteiger partial charge in [-0.15, -0.1) is 11.3 Å². The number of piperazine rings is 1. The lowest BCUT2D eigenvalue weighted by Gasteiger charge is -2.28. The van der Waals surface area contributed by atoms with Gasteiger partial charge in [-0.25, -0.2) is 4.79 Å². The first-order valence-corrected chi connectivity index (χ1v) is 11.1. The zero-order valence-electron chi connectivity index (χ0n) is 16.8. The molecule has 1 amide bonds. The Morgan fingerprint density at radius 1 is 1.11 bits per heavy atom. The lowest BCUT2D eigenvalue weighted by atomic mass is 9.95. The first kappa shape index (κ1) is 20.3. The van der Waals surface area contributed by atoms with Crippen LogP contribution in [-0.2, 0) is 22.4 Å². The van der Waals surface area contributed by atoms with E-state index in [4.69, 9.17) is 4.74 Å². The predicted molar refractivity (Wildman–Crippen MR) is 107 cm³/mol. The number of esters is 1. The standard InChI is InChI=1S/C20H31N3O3S/c1-4-22-9-11-23(12-10-22)13-17(24)21-19-18(20(25)26-14(2)3)15-7-5-6-8-16(15)27-19/h14H,4-13H2,1-3H3,(H,21,24)/p+2. The van der Waals surface area contributed by atoms with E-state index in [1.165, 1.54) is 9.78 Å². The summed E-state index contributed by atoms with van der Waals surface area (Å²) in [5.41, 5.74) is 1.70. The van der Waals surface area contributed by atoms with Crippen molar-refractivity contribution in [2.75, 3.05) is 44.6 Å². The van der Waals surface area contributed by atoms with Crippen molar-refractivity contribution in [3.63, 3.8) is 0 Å². The number of nitrogens with one attached hydrogen (secondary N) is 3. The molecule has 0 unspecified atom stereocenters. The third-order valence-corrected chi connectivity index (χ3v) is 6.75. The van der Waals surface area contributed by atoms with Crippen LogP contribution in [0.25, 0.3) is 0 Å². The van der Waals surface area contributed by atoms with Gasteiger partial charge < -0.3 is 19.9 Å². The molecule has 150 valence electrons. The lowest BCUT2D eigenvalue weighted by molar-refractivity contribution is -1.01. The van der Waals surface area contributed by atoms with Crippen molar-refractivity contribution in [2.24, 2.45) is 0 Å². The molecule has 1 aliphatic heterocycles. The number of thiophene rings is 1. The van der Waals surface area contributed by atoms with Gasteiger partial charge >= 0.3 is 5.97 Å². The van der Waals surface area contributed by atoms with E-state index in [0.717, 1.165) is 64.0 Å². The molecule has 2 aliphatic rings. The lowest BCUT2D eigenvalue weighted by Crippen LogP contribution is -3.28. The fourth-order valence-corrected chi connectivity index (χ4v) is 5.32. The van der Waals surface area contributed by atoms with Gasteiger partial charge in [-0.3, -0.25) is 4.79 Å². The number of fused-ring (bicyclic) bond motifs is 1. The number of hydrogen-bond donors (Lipinski definition) is 3. The molecule has 1 fully saturated rings. The van der Waals surface area contributed by atoms with Gasteiger partial charge in [-0.1, -0.05) is 0 Å². The molecule has 1 aromatic rings. The van der Waals surface area contributed by atoms with Crippen molar-refractivity contribution in [1.82, 2.24) is 0 Å². The van der Waals surface area contributed by atoms with Crippen LogP contribution in [0.3, 0.4) is 0 Å². The molecule has 1 saturated heterocycles. The maximum Gasteiger partial charge on any atom is 0.341 e. The van der Waals surface area contributed by atoms with E-state index in [1.54, 1.807) is 16.2 Å². The van der Waals surface area contributed by atoms with E-state index in [0.29, 0.717) is 17.1 Å². The Balaban J connectivity index is 1.69. The fourth-order valence-electron chi connectivity index (χ4n) is 4.03. The summed E-state index contributed by atoms with van der Waals surface area (Å²) in [7, 11) is 0. The number of anilines is 1. The molecular formula is C20H33N3O3S+2. The van der Waals surface area contributed by atoms with E-state index < -0.39 is 0 Å². The van der Waals surface area contributed by atoms with Gasteiger partial charge in [-0.2, -0.15) is 0 Å². The zero-order valence-corrected chi connectivity index (χ0v) is 17.6. The fraction of sp³-hybridized carbons (Fsp3) is 0.700. The largest absolute Gasteiger partial charge is 0.459 e. The van der Waals surface area contributed by atoms with Crippen LogP contribution in [0.2, 0.25) is 0 Å². The second kappa shape index (κ2) is 9.17. The topological polar surface area (TPSA) is 64.3 Å². The number of carbonyl (C=O) groups excluding carboxylic acids is 2. The molecule has 0 spiro atoms. The summed E-state index contributed by atoms with van der Waals surface area (Å²) in [6.07, 6.45) is 3.96. The highest BCUT2D eigenvalue weighted by atomic mass is 32.1. The van der Waals surface area contributed by atoms with Crippen molar-refractivity contribution in [2.45, 2.75) is 52.6 Å². The van der Waals surface area contributed by atoms with Crippen LogP contribution in [0.1, 0.15) is 54.4 Å². The maximum atomic E-state index is 12.7. The summed E-state index contributed by atoms with van der Waals surface area (Å²) < 4.78 is 5.47. The van der Waals surface area contributed by atoms with Crippen molar-refractivity contribution in [3.05, 3.63) is 16.0 Å². The predicted octanol–water partition coefficient (Wildman–Crippen LogP) is -0.0661. The van der Waals surface area contributed by atoms with Gasteiger partial charge in [-0.05, 0) is 52.0 Å². The second-order valence-corrected chi connectivity index (χ2v) is 9.05. The minimum Gasteiger partial charge on any atom is -0.459 e. The molecule has 3 rings (SSSR count). The minimum absolute atomic E-state index is 0.00198. The molecule has 7 heteroatoms. The second-order valence-electron chi connectivity index (χ2n) is 7.95. The Morgan fingerprint density at radius 3 is 2.44 bits per heavy atom. The van der Waals surface area contributed by atoms with Crippen LogP contribution in [0.5, 0.6) is 0 Å². The number of amides is 1. The molecule has 0 atom stereocenters. The van der Waals surface area contributed by atoms with E-state index in [1.807, 2.05) is 13.8 Å². The summed E-state index contributed by atoms with van der Waals surface area (Å²) in [5.74, 6) is -0.297. The van der Waals surface area contributed by atoms with E-state index in [2.05, 4.69) is 12.2 Å². The van der Waals surface area contributed by atoms with Gasteiger partial charge in [0.1, 0.15) is 31.2 Å². The average Bonchev–Trinajstić information content (AvgIpc) is 2.99. The maximum absolute atomic E-state index is 12.7. The summed E-state index contributed by atoms with van der Waals surface area (Å²) >= 11 is 1.57. The molecule has 0 saturated carbocycles. The molecule has 0 radical (unpaired) electrons. The number of hydrogen-bond acceptors (Lipinski definition) is 4. The monoisotopic (exact) mass is 395 g/mol. The quantitative estimate of drug-likeness (QED) is 0.591. The highest BCUT2D eigenvalue weighted by molar-refractivity contribution is 7.17. The van der Waals surface area contributed by atoms with Crippen LogP contribution in [0, 0.1) is 0 Å². The van der Waals surface area contributed by atoms with Crippen LogP contribution < -0.4 is 15.1 Å². The molecule has 3 N–H and O–H groups in total. The van der Waals surface area contributed by atoms with Crippen molar-refractivity contribution in [3.8, 4) is 0 Å². The molecule has 27 heavy (non-hydrogen) atoms. The molecule has 1 aliphatic carbocycles. The first-order chi connectivity index (χ1) is 13.0. The van der Waals surface area contributed by atoms with E-state index in [9.17, 15) is 9.59 Å². The Hall–Kier alpha value is -1.44. The average molecular weight is 396 g/mol. The van der Waals surface area contributed by atoms with Gasteiger partial charge in [0.2, 0.25) is 0 Å². The molecular weight excluding hydrogens is 362 g/mol. The van der Waals surface area contributed by atoms with Crippen LogP contribution in [0.4, 0.5) is 5.00 Å². The third kappa shape index (κ3) is 5.09. The highest BCUT2D eigenvalue weighted by Crippen LogP contribution is 2.38. The van der Waals surface area contributed by atoms with Crippen LogP contribution in [-0.4, -0.2) is 57.2 Å². The minimum atomic E-state index is -0.299. The Bertz CT molecular complexity index is 678. The van der Waals surface area contributed by atoms with Crippen molar-refractivity contribution >= 4 is 28.2 Å². The van der Waals surface area contributed by atoms with E-state index in [-0.39, 0.29) is 18.0 Å². The smallest absolute Gasteiger partial charge is 0.341 e. The number of carbonyl (C=O) groups is 2. The van der Waals surface area contributed by atoms with Gasteiger partial charge in [0, 0.05) is 4.88 Å². The number of quaternary nitrogens is 2. The molecule has 6 nitrogen and oxygen atoms in total. The number of aryl methyl sites for hydroxylation is 1. The number of rotatable bonds is 6. The van der Waals surface area contributed by atoms with Crippen molar-refractivity contribution < 1.29 is 24.1 Å². The molecule has 2 heterocycles. The van der Waals surface area contributed by atoms with Gasteiger partial charge in [0.25, 0.3) is 5.91 Å². The SMILES string of the molecule is CC[NH+]1CC[NH+](CC(=O)Nc2sc3c(c2C(=O)OC(C)C)CCCC3)CC1. The van der Waals surface area contributed by atoms with Crippen LogP contribution >= 0.6 is 11.3 Å². The Kier molecular flexibility index (Phi) is 6.89. The summed E-state index contributed by atoms with van der Waals surface area (Å²) in [6.45, 7) is 11.9. The number of ether oxygens (including phenoxy) is 1. The summed E-state index contributed by atoms with van der Waals surface area (Å²) in [5, 5.41) is 3.74. The number of likely N-dealkylation sites (N-methyl/N-ethyl adjacent to an activating group) is 1. The summed E-state index contributed by atoms with van der Waals surface area (Å²) in [4.78, 5) is 29.5. The highest BCUT2D eigenvalue weighted by Gasteiger charge is 2.29. The normalized spacial score (nSPS) is 22.4. The Morgan fingerprint density at radius 2 is 1.78 bits per heavy atom. The summed E-state index contributed by atoms with van der Waals surface area (Å²) in [6, 6.07) is 0. The molecule has 0 bridgehead atoms. The molecule has 0 aromatic carbocycles. The van der Waals surface area contributed by atoms with Gasteiger partial charge in [0.15, 0.2) is 6.54 Å². The van der Waals surface area contributed by atoms with E-state index >= 15 is 0 Å². The van der Waals surface area contributed by atoms with Crippen LogP contribution in [0.15, 0.2) is 0 Å². The third-order valence-electron chi connectivity index (χ3n) is 5.55. The Labute approximate surface area is 165 Å². The first-order valence-electron chi connectivity index (χ1n) is 10.3. The molecule has 1 aromatic heterocycles. The van der Waals surface area contributed by atoms with Crippen molar-refractivity contribution in [1.29, 1.82) is 0 Å². The zero-order chi connectivity index (χ0) is 19.4. The van der Waals surface area contributed by atoms with Gasteiger partial charge in [0.05, 0.1) is 18.2 Å².